The molecule has 16 heavy (non-hydrogen) atoms. The van der Waals surface area contributed by atoms with E-state index in [1.807, 2.05) is 19.9 Å². The second-order valence-electron chi connectivity index (χ2n) is 4.24. The molecule has 1 rings (SSSR count). The van der Waals surface area contributed by atoms with E-state index in [1.165, 1.54) is 0 Å². The molecular weight excluding hydrogens is 204 g/mol. The van der Waals surface area contributed by atoms with Gasteiger partial charge < -0.3 is 10.8 Å². The van der Waals surface area contributed by atoms with Crippen LogP contribution < -0.4 is 5.73 Å². The Morgan fingerprint density at radius 2 is 2.38 bits per heavy atom. The molecule has 1 aromatic heterocycles. The Labute approximate surface area is 95.5 Å². The Balaban J connectivity index is 3.09. The van der Waals surface area contributed by atoms with E-state index in [1.54, 1.807) is 18.5 Å². The van der Waals surface area contributed by atoms with E-state index >= 15 is 0 Å². The van der Waals surface area contributed by atoms with E-state index in [4.69, 9.17) is 10.8 Å². The number of rotatable bonds is 5. The normalized spacial score (nSPS) is 16.4. The highest BCUT2D eigenvalue weighted by molar-refractivity contribution is 5.69. The standard InChI is InChI=1S/C12H18N2O2/c1-3-10(13)12(2,7-11(15)16)9-5-4-6-14-8-9/h4-6,8,10H,3,7,13H2,1-2H3,(H,15,16). The largest absolute Gasteiger partial charge is 0.481 e. The second-order valence-corrected chi connectivity index (χ2v) is 4.24. The fourth-order valence-electron chi connectivity index (χ4n) is 1.91. The van der Waals surface area contributed by atoms with Crippen molar-refractivity contribution in [3.8, 4) is 0 Å². The van der Waals surface area contributed by atoms with Crippen molar-refractivity contribution in [3.05, 3.63) is 30.1 Å². The summed E-state index contributed by atoms with van der Waals surface area (Å²) in [6.07, 6.45) is 4.12. The molecule has 4 nitrogen and oxygen atoms in total. The molecule has 2 atom stereocenters. The maximum Gasteiger partial charge on any atom is 0.304 e. The minimum Gasteiger partial charge on any atom is -0.481 e. The van der Waals surface area contributed by atoms with Crippen molar-refractivity contribution in [2.24, 2.45) is 5.73 Å². The maximum absolute atomic E-state index is 10.9. The van der Waals surface area contributed by atoms with Gasteiger partial charge in [-0.1, -0.05) is 19.9 Å². The molecular formula is C12H18N2O2. The Morgan fingerprint density at radius 1 is 1.69 bits per heavy atom. The van der Waals surface area contributed by atoms with Crippen molar-refractivity contribution in [3.63, 3.8) is 0 Å². The highest BCUT2D eigenvalue weighted by atomic mass is 16.4. The number of nitrogens with zero attached hydrogens (tertiary/aromatic N) is 1. The van der Waals surface area contributed by atoms with E-state index in [0.717, 1.165) is 12.0 Å². The Kier molecular flexibility index (Phi) is 4.01. The summed E-state index contributed by atoms with van der Waals surface area (Å²) < 4.78 is 0. The third-order valence-electron chi connectivity index (χ3n) is 3.10. The van der Waals surface area contributed by atoms with Gasteiger partial charge in [-0.2, -0.15) is 0 Å². The predicted octanol–water partition coefficient (Wildman–Crippen LogP) is 1.55. The van der Waals surface area contributed by atoms with Crippen LogP contribution in [0.1, 0.15) is 32.3 Å². The SMILES string of the molecule is CCC(N)C(C)(CC(=O)O)c1cccnc1. The molecule has 4 heteroatoms. The van der Waals surface area contributed by atoms with Gasteiger partial charge in [-0.15, -0.1) is 0 Å². The number of carboxylic acids is 1. The lowest BCUT2D eigenvalue weighted by Gasteiger charge is -2.34. The molecule has 0 bridgehead atoms. The number of aromatic nitrogens is 1. The molecule has 0 saturated carbocycles. The first-order valence-corrected chi connectivity index (χ1v) is 5.38. The lowest BCUT2D eigenvalue weighted by atomic mass is 9.73. The molecule has 0 aromatic carbocycles. The van der Waals surface area contributed by atoms with E-state index in [9.17, 15) is 4.79 Å². The van der Waals surface area contributed by atoms with E-state index in [-0.39, 0.29) is 12.5 Å². The smallest absolute Gasteiger partial charge is 0.304 e. The number of carboxylic acid groups (broad SMARTS) is 1. The zero-order valence-corrected chi connectivity index (χ0v) is 9.68. The fourth-order valence-corrected chi connectivity index (χ4v) is 1.91. The van der Waals surface area contributed by atoms with Crippen molar-refractivity contribution in [2.45, 2.75) is 38.1 Å². The fraction of sp³-hybridized carbons (Fsp3) is 0.500. The molecule has 0 saturated heterocycles. The predicted molar refractivity (Wildman–Crippen MR) is 62.1 cm³/mol. The highest BCUT2D eigenvalue weighted by Gasteiger charge is 2.35. The summed E-state index contributed by atoms with van der Waals surface area (Å²) in [5.74, 6) is -0.838. The van der Waals surface area contributed by atoms with Gasteiger partial charge in [0, 0.05) is 23.9 Å². The summed E-state index contributed by atoms with van der Waals surface area (Å²) in [5.41, 5.74) is 6.36. The van der Waals surface area contributed by atoms with Crippen LogP contribution in [0.25, 0.3) is 0 Å². The molecule has 0 fully saturated rings. The number of aliphatic carboxylic acids is 1. The quantitative estimate of drug-likeness (QED) is 0.792. The van der Waals surface area contributed by atoms with Gasteiger partial charge in [0.15, 0.2) is 0 Å². The summed E-state index contributed by atoms with van der Waals surface area (Å²) in [6, 6.07) is 3.50. The van der Waals surface area contributed by atoms with Crippen LogP contribution in [0.15, 0.2) is 24.5 Å². The lowest BCUT2D eigenvalue weighted by Crippen LogP contribution is -2.44. The molecule has 88 valence electrons. The summed E-state index contributed by atoms with van der Waals surface area (Å²) in [4.78, 5) is 15.0. The first kappa shape index (κ1) is 12.6. The average molecular weight is 222 g/mol. The van der Waals surface area contributed by atoms with E-state index < -0.39 is 11.4 Å². The van der Waals surface area contributed by atoms with Gasteiger partial charge in [0.2, 0.25) is 0 Å². The molecule has 0 aliphatic carbocycles. The van der Waals surface area contributed by atoms with Gasteiger partial charge in [-0.3, -0.25) is 9.78 Å². The van der Waals surface area contributed by atoms with Crippen LogP contribution in [0.5, 0.6) is 0 Å². The number of pyridine rings is 1. The van der Waals surface area contributed by atoms with Gasteiger partial charge in [0.05, 0.1) is 6.42 Å². The van der Waals surface area contributed by atoms with Crippen LogP contribution in [0, 0.1) is 0 Å². The van der Waals surface area contributed by atoms with Crippen LogP contribution in [-0.4, -0.2) is 22.1 Å². The van der Waals surface area contributed by atoms with Crippen LogP contribution in [0.3, 0.4) is 0 Å². The molecule has 3 N–H and O–H groups in total. The second kappa shape index (κ2) is 5.07. The van der Waals surface area contributed by atoms with Crippen molar-refractivity contribution in [1.29, 1.82) is 0 Å². The molecule has 0 amide bonds. The van der Waals surface area contributed by atoms with Gasteiger partial charge in [-0.05, 0) is 18.1 Å². The number of nitrogens with two attached hydrogens (primary N) is 1. The third kappa shape index (κ3) is 2.58. The Hall–Kier alpha value is -1.42. The molecule has 0 radical (unpaired) electrons. The van der Waals surface area contributed by atoms with Crippen LogP contribution in [0.4, 0.5) is 0 Å². The third-order valence-corrected chi connectivity index (χ3v) is 3.10. The van der Waals surface area contributed by atoms with Crippen LogP contribution >= 0.6 is 0 Å². The molecule has 0 aliphatic rings. The Bertz CT molecular complexity index is 353. The number of hydrogen-bond donors (Lipinski definition) is 2. The summed E-state index contributed by atoms with van der Waals surface area (Å²) >= 11 is 0. The highest BCUT2D eigenvalue weighted by Crippen LogP contribution is 2.31. The molecule has 2 unspecified atom stereocenters. The monoisotopic (exact) mass is 222 g/mol. The van der Waals surface area contributed by atoms with E-state index in [0.29, 0.717) is 0 Å². The number of carbonyl (C=O) groups is 1. The summed E-state index contributed by atoms with van der Waals surface area (Å²) in [7, 11) is 0. The van der Waals surface area contributed by atoms with Gasteiger partial charge in [0.1, 0.15) is 0 Å². The van der Waals surface area contributed by atoms with Crippen LogP contribution in [-0.2, 0) is 10.2 Å². The van der Waals surface area contributed by atoms with E-state index in [2.05, 4.69) is 4.98 Å². The molecule has 1 aromatic rings. The van der Waals surface area contributed by atoms with Gasteiger partial charge in [-0.25, -0.2) is 0 Å². The maximum atomic E-state index is 10.9. The zero-order chi connectivity index (χ0) is 12.2. The lowest BCUT2D eigenvalue weighted by molar-refractivity contribution is -0.138. The minimum atomic E-state index is -0.838. The van der Waals surface area contributed by atoms with Crippen molar-refractivity contribution in [2.75, 3.05) is 0 Å². The first-order chi connectivity index (χ1) is 7.50. The molecule has 0 spiro atoms. The molecule has 1 heterocycles. The topological polar surface area (TPSA) is 76.2 Å². The van der Waals surface area contributed by atoms with Gasteiger partial charge >= 0.3 is 5.97 Å². The van der Waals surface area contributed by atoms with Crippen LogP contribution in [0.2, 0.25) is 0 Å². The Morgan fingerprint density at radius 3 is 2.81 bits per heavy atom. The van der Waals surface area contributed by atoms with Crippen molar-refractivity contribution >= 4 is 5.97 Å². The first-order valence-electron chi connectivity index (χ1n) is 5.38. The van der Waals surface area contributed by atoms with Gasteiger partial charge in [0.25, 0.3) is 0 Å². The van der Waals surface area contributed by atoms with Crippen molar-refractivity contribution < 1.29 is 9.90 Å². The molecule has 0 aliphatic heterocycles. The average Bonchev–Trinajstić information content (AvgIpc) is 2.28. The minimum absolute atomic E-state index is 0.0215. The zero-order valence-electron chi connectivity index (χ0n) is 9.68. The number of hydrogen-bond acceptors (Lipinski definition) is 3. The van der Waals surface area contributed by atoms with Crippen molar-refractivity contribution in [1.82, 2.24) is 4.98 Å². The summed E-state index contributed by atoms with van der Waals surface area (Å²) in [5, 5.41) is 8.98. The summed E-state index contributed by atoms with van der Waals surface area (Å²) in [6.45, 7) is 3.84.